The van der Waals surface area contributed by atoms with Crippen molar-refractivity contribution in [3.8, 4) is 0 Å². The fraction of sp³-hybridized carbons (Fsp3) is 0.333. The Hall–Kier alpha value is -2.49. The second-order valence-corrected chi connectivity index (χ2v) is 6.57. The molecule has 0 bridgehead atoms. The fourth-order valence-electron chi connectivity index (χ4n) is 3.90. The lowest BCUT2D eigenvalue weighted by Crippen LogP contribution is -2.19. The van der Waals surface area contributed by atoms with E-state index in [1.807, 2.05) is 12.1 Å². The number of nitrogens with one attached hydrogen (secondary N) is 1. The average Bonchev–Trinajstić information content (AvgIpc) is 3.04. The van der Waals surface area contributed by atoms with E-state index in [9.17, 15) is 14.0 Å². The van der Waals surface area contributed by atoms with Crippen LogP contribution < -0.4 is 5.32 Å². The van der Waals surface area contributed by atoms with Gasteiger partial charge in [0.25, 0.3) is 5.91 Å². The third-order valence-electron chi connectivity index (χ3n) is 5.16. The molecule has 0 aliphatic heterocycles. The summed E-state index contributed by atoms with van der Waals surface area (Å²) in [7, 11) is 1.64. The summed E-state index contributed by atoms with van der Waals surface area (Å²) in [6, 6.07) is 12.3. The summed E-state index contributed by atoms with van der Waals surface area (Å²) in [6.07, 6.45) is 4.03. The normalized spacial score (nSPS) is 17.0. The Morgan fingerprint density at radius 2 is 2.04 bits per heavy atom. The van der Waals surface area contributed by atoms with Crippen molar-refractivity contribution >= 4 is 12.2 Å². The molecule has 1 amide bonds. The zero-order chi connectivity index (χ0) is 17.8. The van der Waals surface area contributed by atoms with Crippen LogP contribution in [0.25, 0.3) is 0 Å². The van der Waals surface area contributed by atoms with Crippen molar-refractivity contribution in [2.45, 2.75) is 37.5 Å². The molecule has 1 aliphatic rings. The fourth-order valence-corrected chi connectivity index (χ4v) is 3.90. The molecule has 2 atom stereocenters. The van der Waals surface area contributed by atoms with Crippen LogP contribution in [0, 0.1) is 5.82 Å². The van der Waals surface area contributed by atoms with E-state index < -0.39 is 0 Å². The first-order chi connectivity index (χ1) is 12.1. The summed E-state index contributed by atoms with van der Waals surface area (Å²) in [6.45, 7) is 0. The molecule has 2 aromatic rings. The van der Waals surface area contributed by atoms with Gasteiger partial charge in [-0.25, -0.2) is 4.39 Å². The topological polar surface area (TPSA) is 46.2 Å². The van der Waals surface area contributed by atoms with Crippen molar-refractivity contribution < 1.29 is 14.0 Å². The molecule has 130 valence electrons. The van der Waals surface area contributed by atoms with Crippen LogP contribution in [0.4, 0.5) is 4.39 Å². The lowest BCUT2D eigenvalue weighted by Gasteiger charge is -2.20. The Kier molecular flexibility index (Phi) is 5.27. The summed E-state index contributed by atoms with van der Waals surface area (Å²) in [5, 5.41) is 2.70. The number of hydrogen-bond acceptors (Lipinski definition) is 2. The van der Waals surface area contributed by atoms with E-state index in [1.165, 1.54) is 17.7 Å². The minimum absolute atomic E-state index is 0.0551. The van der Waals surface area contributed by atoms with Gasteiger partial charge in [0.05, 0.1) is 0 Å². The zero-order valence-electron chi connectivity index (χ0n) is 14.3. The number of amides is 1. The van der Waals surface area contributed by atoms with Crippen LogP contribution in [0.5, 0.6) is 0 Å². The highest BCUT2D eigenvalue weighted by atomic mass is 19.1. The molecule has 0 saturated heterocycles. The van der Waals surface area contributed by atoms with E-state index in [0.29, 0.717) is 12.3 Å². The highest BCUT2D eigenvalue weighted by Crippen LogP contribution is 2.41. The number of carbonyl (C=O) groups is 2. The molecule has 25 heavy (non-hydrogen) atoms. The smallest absolute Gasteiger partial charge is 0.251 e. The number of halogens is 1. The van der Waals surface area contributed by atoms with Gasteiger partial charge in [-0.1, -0.05) is 24.3 Å². The van der Waals surface area contributed by atoms with Crippen molar-refractivity contribution in [2.75, 3.05) is 7.05 Å². The maximum absolute atomic E-state index is 13.2. The molecular formula is C21H22FNO2. The highest BCUT2D eigenvalue weighted by molar-refractivity contribution is 5.96. The van der Waals surface area contributed by atoms with Crippen LogP contribution in [-0.2, 0) is 11.2 Å². The van der Waals surface area contributed by atoms with Gasteiger partial charge < -0.3 is 10.1 Å². The molecule has 1 aliphatic carbocycles. The van der Waals surface area contributed by atoms with Gasteiger partial charge in [0, 0.05) is 19.0 Å². The number of hydrogen-bond donors (Lipinski definition) is 1. The first-order valence-corrected chi connectivity index (χ1v) is 8.67. The van der Waals surface area contributed by atoms with E-state index in [2.05, 4.69) is 11.4 Å². The number of benzene rings is 2. The molecule has 2 aromatic carbocycles. The van der Waals surface area contributed by atoms with Crippen LogP contribution in [0.3, 0.4) is 0 Å². The van der Waals surface area contributed by atoms with Crippen LogP contribution in [0.15, 0.2) is 42.5 Å². The SMILES string of the molecule is CNC(=O)c1cccc2c1CCC2C[C@@H](CC=O)c1ccc(F)cc1. The number of carbonyl (C=O) groups excluding carboxylic acids is 2. The van der Waals surface area contributed by atoms with Crippen molar-refractivity contribution in [1.82, 2.24) is 5.32 Å². The standard InChI is InChI=1S/C21H22FNO2/c1-23-21(25)20-4-2-3-18-16(7-10-19(18)20)13-15(11-12-24)14-5-8-17(22)9-6-14/h2-6,8-9,12,15-16H,7,10-11,13H2,1H3,(H,23,25)/t15-,16?/m1/s1. The van der Waals surface area contributed by atoms with Crippen LogP contribution in [0.1, 0.15) is 58.1 Å². The Morgan fingerprint density at radius 3 is 2.72 bits per heavy atom. The first kappa shape index (κ1) is 17.3. The molecule has 1 N–H and O–H groups in total. The van der Waals surface area contributed by atoms with Crippen molar-refractivity contribution in [2.24, 2.45) is 0 Å². The van der Waals surface area contributed by atoms with E-state index in [4.69, 9.17) is 0 Å². The van der Waals surface area contributed by atoms with Gasteiger partial charge in [0.2, 0.25) is 0 Å². The van der Waals surface area contributed by atoms with Crippen molar-refractivity contribution in [1.29, 1.82) is 0 Å². The third kappa shape index (κ3) is 3.63. The molecule has 4 heteroatoms. The Labute approximate surface area is 147 Å². The molecule has 0 radical (unpaired) electrons. The summed E-state index contributed by atoms with van der Waals surface area (Å²) in [5.74, 6) is 0.0582. The predicted octanol–water partition coefficient (Wildman–Crippen LogP) is 3.98. The first-order valence-electron chi connectivity index (χ1n) is 8.67. The number of fused-ring (bicyclic) bond motifs is 1. The second-order valence-electron chi connectivity index (χ2n) is 6.57. The summed E-state index contributed by atoms with van der Waals surface area (Å²) in [4.78, 5) is 23.2. The average molecular weight is 339 g/mol. The number of rotatable bonds is 6. The van der Waals surface area contributed by atoms with Gasteiger partial charge in [-0.3, -0.25) is 4.79 Å². The monoisotopic (exact) mass is 339 g/mol. The van der Waals surface area contributed by atoms with Gasteiger partial charge in [-0.15, -0.1) is 0 Å². The maximum atomic E-state index is 13.2. The molecule has 0 aromatic heterocycles. The lowest BCUT2D eigenvalue weighted by molar-refractivity contribution is -0.108. The quantitative estimate of drug-likeness (QED) is 0.809. The molecule has 0 heterocycles. The van der Waals surface area contributed by atoms with E-state index in [1.54, 1.807) is 19.2 Å². The minimum atomic E-state index is -0.268. The Bertz CT molecular complexity index is 770. The van der Waals surface area contributed by atoms with Crippen LogP contribution in [0.2, 0.25) is 0 Å². The lowest BCUT2D eigenvalue weighted by atomic mass is 9.84. The minimum Gasteiger partial charge on any atom is -0.355 e. The predicted molar refractivity (Wildman–Crippen MR) is 95.3 cm³/mol. The summed E-state index contributed by atoms with van der Waals surface area (Å²) in [5.41, 5.74) is 4.07. The van der Waals surface area contributed by atoms with Gasteiger partial charge >= 0.3 is 0 Å². The maximum Gasteiger partial charge on any atom is 0.251 e. The largest absolute Gasteiger partial charge is 0.355 e. The van der Waals surface area contributed by atoms with Gasteiger partial charge in [-0.05, 0) is 66.0 Å². The van der Waals surface area contributed by atoms with E-state index in [0.717, 1.165) is 42.2 Å². The van der Waals surface area contributed by atoms with Gasteiger partial charge in [0.15, 0.2) is 0 Å². The second kappa shape index (κ2) is 7.60. The summed E-state index contributed by atoms with van der Waals surface area (Å²) < 4.78 is 13.2. The van der Waals surface area contributed by atoms with E-state index in [-0.39, 0.29) is 17.6 Å². The third-order valence-corrected chi connectivity index (χ3v) is 5.16. The molecule has 0 fully saturated rings. The van der Waals surface area contributed by atoms with Crippen molar-refractivity contribution in [3.05, 3.63) is 70.5 Å². The number of aldehydes is 1. The molecule has 0 saturated carbocycles. The van der Waals surface area contributed by atoms with Crippen LogP contribution in [-0.4, -0.2) is 19.2 Å². The summed E-state index contributed by atoms with van der Waals surface area (Å²) >= 11 is 0. The molecule has 0 spiro atoms. The molecule has 1 unspecified atom stereocenters. The highest BCUT2D eigenvalue weighted by Gasteiger charge is 2.28. The Morgan fingerprint density at radius 1 is 1.28 bits per heavy atom. The van der Waals surface area contributed by atoms with Crippen molar-refractivity contribution in [3.63, 3.8) is 0 Å². The van der Waals surface area contributed by atoms with E-state index >= 15 is 0 Å². The molecule has 3 rings (SSSR count). The molecular weight excluding hydrogens is 317 g/mol. The molecule has 3 nitrogen and oxygen atoms in total. The van der Waals surface area contributed by atoms with Crippen LogP contribution >= 0.6 is 0 Å². The zero-order valence-corrected chi connectivity index (χ0v) is 14.3. The Balaban J connectivity index is 1.85. The van der Waals surface area contributed by atoms with Gasteiger partial charge in [0.1, 0.15) is 12.1 Å². The van der Waals surface area contributed by atoms with Gasteiger partial charge in [-0.2, -0.15) is 0 Å².